The Morgan fingerprint density at radius 1 is 0.688 bits per heavy atom. The molecule has 0 spiro atoms. The first-order valence-electron chi connectivity index (χ1n) is 18.2. The molecule has 0 atom stereocenters. The smallest absolute Gasteiger partial charge is 0.410 e. The van der Waals surface area contributed by atoms with Crippen LogP contribution < -0.4 is 0 Å². The summed E-state index contributed by atoms with van der Waals surface area (Å²) in [6, 6.07) is 31.1. The fourth-order valence-corrected chi connectivity index (χ4v) is 8.37. The molecule has 2 heterocycles. The van der Waals surface area contributed by atoms with Gasteiger partial charge in [0.15, 0.2) is 0 Å². The van der Waals surface area contributed by atoms with E-state index in [0.717, 1.165) is 94.7 Å². The van der Waals surface area contributed by atoms with Gasteiger partial charge in [0.05, 0.1) is 0 Å². The average molecular weight is 652 g/mol. The number of amides is 2. The molecule has 3 aromatic carbocycles. The van der Waals surface area contributed by atoms with Crippen LogP contribution in [0.5, 0.6) is 0 Å². The van der Waals surface area contributed by atoms with Gasteiger partial charge < -0.3 is 24.2 Å². The minimum absolute atomic E-state index is 0.144. The number of likely N-dealkylation sites (tertiary alicyclic amines) is 2. The molecule has 2 saturated heterocycles. The van der Waals surface area contributed by atoms with E-state index in [-0.39, 0.29) is 23.6 Å². The largest absolute Gasteiger partial charge is 0.445 e. The van der Waals surface area contributed by atoms with Crippen molar-refractivity contribution in [2.24, 2.45) is 11.8 Å². The average Bonchev–Trinajstić information content (AvgIpc) is 3.16. The molecule has 3 fully saturated rings. The molecule has 48 heavy (non-hydrogen) atoms. The molecule has 6 rings (SSSR count). The Labute approximate surface area is 287 Å². The van der Waals surface area contributed by atoms with Crippen molar-refractivity contribution < 1.29 is 19.1 Å². The number of ether oxygens (including phenoxy) is 2. The molecule has 0 bridgehead atoms. The molecule has 3 aliphatic rings. The van der Waals surface area contributed by atoms with Gasteiger partial charge in [0.1, 0.15) is 13.2 Å². The van der Waals surface area contributed by atoms with E-state index in [0.29, 0.717) is 19.1 Å². The monoisotopic (exact) mass is 651 g/mol. The lowest BCUT2D eigenvalue weighted by Gasteiger charge is -2.45. The maximum atomic E-state index is 12.9. The molecule has 0 aromatic heterocycles. The van der Waals surface area contributed by atoms with Gasteiger partial charge in [-0.2, -0.15) is 0 Å². The predicted octanol–water partition coefficient (Wildman–Crippen LogP) is 8.29. The summed E-state index contributed by atoms with van der Waals surface area (Å²) in [5.74, 6) is 1.45. The topological polar surface area (TPSA) is 62.3 Å². The van der Waals surface area contributed by atoms with Crippen molar-refractivity contribution in [3.05, 3.63) is 108 Å². The van der Waals surface area contributed by atoms with Gasteiger partial charge in [-0.15, -0.1) is 0 Å². The molecule has 0 N–H and O–H groups in total. The van der Waals surface area contributed by atoms with E-state index < -0.39 is 0 Å². The first kappa shape index (κ1) is 34.0. The third-order valence-electron chi connectivity index (χ3n) is 11.5. The van der Waals surface area contributed by atoms with Gasteiger partial charge in [-0.3, -0.25) is 0 Å². The zero-order valence-electron chi connectivity index (χ0n) is 28.7. The van der Waals surface area contributed by atoms with Crippen LogP contribution in [0.25, 0.3) is 0 Å². The zero-order chi connectivity index (χ0) is 33.2. The lowest BCUT2D eigenvalue weighted by molar-refractivity contribution is 0.0615. The van der Waals surface area contributed by atoms with E-state index >= 15 is 0 Å². The summed E-state index contributed by atoms with van der Waals surface area (Å²) in [5.41, 5.74) is 3.63. The highest BCUT2D eigenvalue weighted by Crippen LogP contribution is 2.44. The maximum Gasteiger partial charge on any atom is 0.410 e. The lowest BCUT2D eigenvalue weighted by Crippen LogP contribution is -2.46. The molecule has 256 valence electrons. The van der Waals surface area contributed by atoms with E-state index in [1.54, 1.807) is 0 Å². The molecular weight excluding hydrogens is 598 g/mol. The summed E-state index contributed by atoms with van der Waals surface area (Å²) in [6.07, 6.45) is 9.56. The van der Waals surface area contributed by atoms with Crippen molar-refractivity contribution in [1.29, 1.82) is 0 Å². The lowest BCUT2D eigenvalue weighted by atomic mass is 9.66. The number of carbonyl (C=O) groups is 2. The number of nitrogens with zero attached hydrogens (tertiary/aromatic N) is 3. The minimum Gasteiger partial charge on any atom is -0.445 e. The van der Waals surface area contributed by atoms with Crippen LogP contribution in [0.3, 0.4) is 0 Å². The molecule has 1 saturated carbocycles. The van der Waals surface area contributed by atoms with Crippen LogP contribution in [0.1, 0.15) is 74.5 Å². The van der Waals surface area contributed by atoms with Crippen LogP contribution in [0.2, 0.25) is 0 Å². The zero-order valence-corrected chi connectivity index (χ0v) is 28.7. The van der Waals surface area contributed by atoms with Crippen LogP contribution in [0.15, 0.2) is 91.0 Å². The van der Waals surface area contributed by atoms with Crippen molar-refractivity contribution in [3.8, 4) is 0 Å². The molecule has 3 aromatic rings. The quantitative estimate of drug-likeness (QED) is 0.221. The fraction of sp³-hybridized carbons (Fsp3) is 0.512. The SMILES string of the molecule is CN(C(=O)OCc1ccccc1)C1CCC(CCN2CCC(C3CCN(C(=O)OCc4ccccc4)CC3)CC2)(c2ccccc2)CC1. The summed E-state index contributed by atoms with van der Waals surface area (Å²) in [4.78, 5) is 32.0. The number of carbonyl (C=O) groups excluding carboxylic acids is 2. The number of hydrogen-bond donors (Lipinski definition) is 0. The van der Waals surface area contributed by atoms with Crippen LogP contribution in [-0.4, -0.2) is 72.7 Å². The Bertz CT molecular complexity index is 1410. The summed E-state index contributed by atoms with van der Waals surface area (Å²) >= 11 is 0. The van der Waals surface area contributed by atoms with Crippen molar-refractivity contribution in [2.75, 3.05) is 39.8 Å². The maximum absolute atomic E-state index is 12.9. The first-order valence-corrected chi connectivity index (χ1v) is 18.2. The van der Waals surface area contributed by atoms with Gasteiger partial charge in [-0.05, 0) is 111 Å². The van der Waals surface area contributed by atoms with Crippen LogP contribution in [0.4, 0.5) is 9.59 Å². The Morgan fingerprint density at radius 3 is 1.75 bits per heavy atom. The van der Waals surface area contributed by atoms with Gasteiger partial charge in [0.2, 0.25) is 0 Å². The second-order valence-corrected chi connectivity index (χ2v) is 14.3. The summed E-state index contributed by atoms with van der Waals surface area (Å²) < 4.78 is 11.2. The van der Waals surface area contributed by atoms with Crippen molar-refractivity contribution in [3.63, 3.8) is 0 Å². The normalized spacial score (nSPS) is 22.6. The molecule has 2 aliphatic heterocycles. The molecule has 0 radical (unpaired) electrons. The van der Waals surface area contributed by atoms with E-state index in [1.165, 1.54) is 18.4 Å². The molecular formula is C41H53N3O4. The number of benzene rings is 3. The van der Waals surface area contributed by atoms with E-state index in [4.69, 9.17) is 9.47 Å². The number of hydrogen-bond acceptors (Lipinski definition) is 5. The molecule has 0 unspecified atom stereocenters. The summed E-state index contributed by atoms with van der Waals surface area (Å²) in [7, 11) is 1.90. The van der Waals surface area contributed by atoms with Crippen molar-refractivity contribution in [1.82, 2.24) is 14.7 Å². The van der Waals surface area contributed by atoms with E-state index in [1.807, 2.05) is 77.5 Å². The number of rotatable bonds is 10. The highest BCUT2D eigenvalue weighted by Gasteiger charge is 2.39. The summed E-state index contributed by atoms with van der Waals surface area (Å²) in [6.45, 7) is 5.70. The van der Waals surface area contributed by atoms with Crippen LogP contribution in [0, 0.1) is 11.8 Å². The Balaban J connectivity index is 0.944. The third kappa shape index (κ3) is 8.79. The second kappa shape index (κ2) is 16.5. The van der Waals surface area contributed by atoms with Crippen LogP contribution in [-0.2, 0) is 28.1 Å². The van der Waals surface area contributed by atoms with Gasteiger partial charge in [0, 0.05) is 26.2 Å². The highest BCUT2D eigenvalue weighted by atomic mass is 16.6. The van der Waals surface area contributed by atoms with Gasteiger partial charge in [0.25, 0.3) is 0 Å². The Kier molecular flexibility index (Phi) is 11.7. The van der Waals surface area contributed by atoms with Crippen molar-refractivity contribution in [2.45, 2.75) is 82.5 Å². The first-order chi connectivity index (χ1) is 23.5. The van der Waals surface area contributed by atoms with E-state index in [2.05, 4.69) is 35.2 Å². The fourth-order valence-electron chi connectivity index (χ4n) is 8.37. The Hall–Kier alpha value is -3.84. The van der Waals surface area contributed by atoms with Gasteiger partial charge in [-0.25, -0.2) is 9.59 Å². The van der Waals surface area contributed by atoms with Gasteiger partial charge in [-0.1, -0.05) is 91.0 Å². The molecule has 7 nitrogen and oxygen atoms in total. The van der Waals surface area contributed by atoms with E-state index in [9.17, 15) is 9.59 Å². The number of piperidine rings is 2. The predicted molar refractivity (Wildman–Crippen MR) is 189 cm³/mol. The minimum atomic E-state index is -0.229. The van der Waals surface area contributed by atoms with Crippen LogP contribution >= 0.6 is 0 Å². The van der Waals surface area contributed by atoms with Gasteiger partial charge >= 0.3 is 12.2 Å². The molecule has 1 aliphatic carbocycles. The Morgan fingerprint density at radius 2 is 1.19 bits per heavy atom. The second-order valence-electron chi connectivity index (χ2n) is 14.3. The summed E-state index contributed by atoms with van der Waals surface area (Å²) in [5, 5.41) is 0. The molecule has 2 amide bonds. The molecule has 7 heteroatoms. The van der Waals surface area contributed by atoms with Crippen molar-refractivity contribution >= 4 is 12.2 Å². The standard InChI is InChI=1S/C41H53N3O4/c1-42(39(45)47-31-33-11-5-2-6-12-33)38-17-23-41(24-18-38,37-15-9-4-10-16-37)25-30-43-26-19-35(20-27-43)36-21-28-44(29-22-36)40(46)48-32-34-13-7-3-8-14-34/h2-16,35-36,38H,17-32H2,1H3. The third-order valence-corrected chi connectivity index (χ3v) is 11.5. The highest BCUT2D eigenvalue weighted by molar-refractivity contribution is 5.68.